The van der Waals surface area contributed by atoms with Gasteiger partial charge < -0.3 is 4.90 Å². The number of amides is 3. The van der Waals surface area contributed by atoms with Crippen LogP contribution in [0.5, 0.6) is 0 Å². The molecule has 1 saturated carbocycles. The third-order valence-electron chi connectivity index (χ3n) is 5.54. The number of carbonyl (C=O) groups is 3. The zero-order valence-electron chi connectivity index (χ0n) is 15.5. The smallest absolute Gasteiger partial charge is 0.233 e. The molecule has 5 heteroatoms. The van der Waals surface area contributed by atoms with E-state index in [-0.39, 0.29) is 42.5 Å². The van der Waals surface area contributed by atoms with Crippen molar-refractivity contribution in [2.45, 2.75) is 52.0 Å². The Kier molecular flexibility index (Phi) is 6.07. The number of hydrogen-bond acceptors (Lipinski definition) is 3. The summed E-state index contributed by atoms with van der Waals surface area (Å²) in [6.45, 7) is 3.52. The van der Waals surface area contributed by atoms with Crippen molar-refractivity contribution in [3.63, 3.8) is 0 Å². The molecule has 2 unspecified atom stereocenters. The van der Waals surface area contributed by atoms with Gasteiger partial charge in [0.2, 0.25) is 17.7 Å². The first kappa shape index (κ1) is 18.6. The van der Waals surface area contributed by atoms with Gasteiger partial charge in [0.05, 0.1) is 11.8 Å². The van der Waals surface area contributed by atoms with Crippen LogP contribution < -0.4 is 0 Å². The van der Waals surface area contributed by atoms with E-state index in [0.29, 0.717) is 13.1 Å². The van der Waals surface area contributed by atoms with Gasteiger partial charge in [-0.2, -0.15) is 0 Å². The van der Waals surface area contributed by atoms with Crippen LogP contribution in [0.4, 0.5) is 0 Å². The monoisotopic (exact) mass is 356 g/mol. The maximum absolute atomic E-state index is 12.7. The predicted molar refractivity (Wildman–Crippen MR) is 98.9 cm³/mol. The number of carbonyl (C=O) groups excluding carboxylic acids is 3. The largest absolute Gasteiger partial charge is 0.338 e. The van der Waals surface area contributed by atoms with Crippen LogP contribution in [0.15, 0.2) is 30.3 Å². The molecule has 3 amide bonds. The fourth-order valence-electron chi connectivity index (χ4n) is 4.18. The second-order valence-corrected chi connectivity index (χ2v) is 7.38. The molecule has 0 N–H and O–H groups in total. The molecular formula is C21H28N2O3. The summed E-state index contributed by atoms with van der Waals surface area (Å²) in [6, 6.07) is 9.91. The van der Waals surface area contributed by atoms with E-state index in [9.17, 15) is 14.4 Å². The molecule has 0 radical (unpaired) electrons. The Balaban J connectivity index is 1.59. The fraction of sp³-hybridized carbons (Fsp3) is 0.571. The van der Waals surface area contributed by atoms with Crippen LogP contribution in [0, 0.1) is 11.8 Å². The molecule has 26 heavy (non-hydrogen) atoms. The van der Waals surface area contributed by atoms with Crippen molar-refractivity contribution in [1.29, 1.82) is 0 Å². The lowest BCUT2D eigenvalue weighted by atomic mass is 9.81. The number of benzene rings is 1. The van der Waals surface area contributed by atoms with Crippen molar-refractivity contribution in [3.8, 4) is 0 Å². The minimum absolute atomic E-state index is 0.00572. The highest BCUT2D eigenvalue weighted by Crippen LogP contribution is 2.38. The summed E-state index contributed by atoms with van der Waals surface area (Å²) in [5, 5.41) is 0. The topological polar surface area (TPSA) is 57.7 Å². The van der Waals surface area contributed by atoms with Crippen molar-refractivity contribution >= 4 is 17.7 Å². The first-order valence-electron chi connectivity index (χ1n) is 9.78. The van der Waals surface area contributed by atoms with Crippen molar-refractivity contribution in [2.24, 2.45) is 11.8 Å². The molecular weight excluding hydrogens is 328 g/mol. The molecule has 1 aliphatic carbocycles. The molecule has 5 nitrogen and oxygen atoms in total. The Labute approximate surface area is 155 Å². The normalized spacial score (nSPS) is 22.4. The summed E-state index contributed by atoms with van der Waals surface area (Å²) in [5.74, 6) is -0.383. The lowest BCUT2D eigenvalue weighted by Gasteiger charge is -2.23. The highest BCUT2D eigenvalue weighted by atomic mass is 16.2. The quantitative estimate of drug-likeness (QED) is 0.706. The molecule has 140 valence electrons. The van der Waals surface area contributed by atoms with Crippen molar-refractivity contribution in [1.82, 2.24) is 9.80 Å². The molecule has 2 aliphatic rings. The van der Waals surface area contributed by atoms with Gasteiger partial charge in [-0.1, -0.05) is 50.1 Å². The zero-order valence-corrected chi connectivity index (χ0v) is 15.5. The predicted octanol–water partition coefficient (Wildman–Crippen LogP) is 2.99. The summed E-state index contributed by atoms with van der Waals surface area (Å²) < 4.78 is 0. The Bertz CT molecular complexity index is 634. The lowest BCUT2D eigenvalue weighted by molar-refractivity contribution is -0.141. The second kappa shape index (κ2) is 8.47. The Morgan fingerprint density at radius 1 is 1.08 bits per heavy atom. The molecule has 1 aliphatic heterocycles. The van der Waals surface area contributed by atoms with Gasteiger partial charge in [0.1, 0.15) is 0 Å². The van der Waals surface area contributed by atoms with Crippen LogP contribution in [0.25, 0.3) is 0 Å². The van der Waals surface area contributed by atoms with E-state index in [1.807, 2.05) is 42.2 Å². The van der Waals surface area contributed by atoms with Gasteiger partial charge in [-0.25, -0.2) is 0 Å². The number of nitrogens with zero attached hydrogens (tertiary/aromatic N) is 2. The van der Waals surface area contributed by atoms with Crippen molar-refractivity contribution in [2.75, 3.05) is 13.1 Å². The van der Waals surface area contributed by atoms with Gasteiger partial charge in [0, 0.05) is 26.1 Å². The molecule has 2 atom stereocenters. The van der Waals surface area contributed by atoms with E-state index in [2.05, 4.69) is 0 Å². The number of rotatable bonds is 7. The van der Waals surface area contributed by atoms with E-state index >= 15 is 0 Å². The fourth-order valence-corrected chi connectivity index (χ4v) is 4.18. The van der Waals surface area contributed by atoms with Crippen molar-refractivity contribution in [3.05, 3.63) is 35.9 Å². The van der Waals surface area contributed by atoms with Crippen molar-refractivity contribution < 1.29 is 14.4 Å². The summed E-state index contributed by atoms with van der Waals surface area (Å²) >= 11 is 0. The molecule has 1 heterocycles. The minimum atomic E-state index is -0.137. The van der Waals surface area contributed by atoms with Crippen LogP contribution in [0.3, 0.4) is 0 Å². The summed E-state index contributed by atoms with van der Waals surface area (Å²) in [7, 11) is 0. The van der Waals surface area contributed by atoms with E-state index in [4.69, 9.17) is 0 Å². The summed E-state index contributed by atoms with van der Waals surface area (Å²) in [6.07, 6.45) is 4.77. The van der Waals surface area contributed by atoms with Gasteiger partial charge in [-0.05, 0) is 24.8 Å². The molecule has 1 aromatic rings. The minimum Gasteiger partial charge on any atom is -0.338 e. The second-order valence-electron chi connectivity index (χ2n) is 7.38. The van der Waals surface area contributed by atoms with Gasteiger partial charge in [0.25, 0.3) is 0 Å². The average Bonchev–Trinajstić information content (AvgIpc) is 2.91. The molecule has 0 aromatic heterocycles. The Hall–Kier alpha value is -2.17. The third-order valence-corrected chi connectivity index (χ3v) is 5.54. The highest BCUT2D eigenvalue weighted by molar-refractivity contribution is 6.05. The maximum atomic E-state index is 12.7. The highest BCUT2D eigenvalue weighted by Gasteiger charge is 2.47. The Morgan fingerprint density at radius 2 is 1.69 bits per heavy atom. The SMILES string of the molecule is CCCN(Cc1ccccc1)C(=O)CCN1C(=O)C2CCCCC2C1=O. The van der Waals surface area contributed by atoms with Crippen LogP contribution in [0.1, 0.15) is 51.0 Å². The number of imide groups is 1. The van der Waals surface area contributed by atoms with Crippen LogP contribution >= 0.6 is 0 Å². The van der Waals surface area contributed by atoms with E-state index in [1.54, 1.807) is 0 Å². The summed E-state index contributed by atoms with van der Waals surface area (Å²) in [4.78, 5) is 40.9. The zero-order chi connectivity index (χ0) is 18.5. The number of likely N-dealkylation sites (tertiary alicyclic amines) is 1. The standard InChI is InChI=1S/C21H28N2O3/c1-2-13-22(15-16-8-4-3-5-9-16)19(24)12-14-23-20(25)17-10-6-7-11-18(17)21(23)26/h3-5,8-9,17-18H,2,6-7,10-15H2,1H3. The molecule has 0 bridgehead atoms. The lowest BCUT2D eigenvalue weighted by Crippen LogP contribution is -2.37. The summed E-state index contributed by atoms with van der Waals surface area (Å²) in [5.41, 5.74) is 1.09. The van der Waals surface area contributed by atoms with Crippen LogP contribution in [-0.4, -0.2) is 40.6 Å². The molecule has 1 aromatic carbocycles. The molecule has 1 saturated heterocycles. The maximum Gasteiger partial charge on any atom is 0.233 e. The van der Waals surface area contributed by atoms with Gasteiger partial charge in [-0.15, -0.1) is 0 Å². The van der Waals surface area contributed by atoms with E-state index in [0.717, 1.165) is 37.7 Å². The average molecular weight is 356 g/mol. The number of fused-ring (bicyclic) bond motifs is 1. The van der Waals surface area contributed by atoms with Gasteiger partial charge in [-0.3, -0.25) is 19.3 Å². The van der Waals surface area contributed by atoms with E-state index < -0.39 is 0 Å². The van der Waals surface area contributed by atoms with E-state index in [1.165, 1.54) is 4.90 Å². The first-order chi connectivity index (χ1) is 12.6. The first-order valence-corrected chi connectivity index (χ1v) is 9.78. The molecule has 2 fully saturated rings. The number of hydrogen-bond donors (Lipinski definition) is 0. The molecule has 0 spiro atoms. The van der Waals surface area contributed by atoms with Gasteiger partial charge in [0.15, 0.2) is 0 Å². The third kappa shape index (κ3) is 3.97. The van der Waals surface area contributed by atoms with Gasteiger partial charge >= 0.3 is 0 Å². The van der Waals surface area contributed by atoms with Crippen LogP contribution in [-0.2, 0) is 20.9 Å². The van der Waals surface area contributed by atoms with Crippen LogP contribution in [0.2, 0.25) is 0 Å². The molecule has 3 rings (SSSR count). The Morgan fingerprint density at radius 3 is 2.27 bits per heavy atom.